The number of nitrogens with two attached hydrogens (primary N) is 10. The fourth-order valence-corrected chi connectivity index (χ4v) is 18.6. The van der Waals surface area contributed by atoms with E-state index in [2.05, 4.69) is 18.9 Å². The molecule has 5 saturated heterocycles. The zero-order valence-corrected chi connectivity index (χ0v) is 76.0. The molecule has 0 aromatic carbocycles. The van der Waals surface area contributed by atoms with Crippen LogP contribution in [0.5, 0.6) is 0 Å². The summed E-state index contributed by atoms with van der Waals surface area (Å²) in [6.07, 6.45) is 7.40. The number of ether oxygens (including phenoxy) is 1. The van der Waals surface area contributed by atoms with Crippen LogP contribution >= 0.6 is 27.0 Å². The molecule has 6 aliphatic rings. The van der Waals surface area contributed by atoms with E-state index >= 15 is 0 Å². The van der Waals surface area contributed by atoms with Crippen LogP contribution < -0.4 is 80.9 Å². The molecule has 6 fully saturated rings. The summed E-state index contributed by atoms with van der Waals surface area (Å²) >= 11 is 0. The number of hydrogen-bond donors (Lipinski definition) is 25. The Hall–Kier alpha value is -4.77. The van der Waals surface area contributed by atoms with Crippen molar-refractivity contribution in [3.05, 3.63) is 0 Å². The molecule has 69 heteroatoms. The number of nitrogens with one attached hydrogen (secondary N) is 5. The van der Waals surface area contributed by atoms with Crippen molar-refractivity contribution in [3.8, 4) is 0 Å². The van der Waals surface area contributed by atoms with Crippen molar-refractivity contribution >= 4 is 156 Å². The van der Waals surface area contributed by atoms with Crippen molar-refractivity contribution in [1.82, 2.24) is 50.2 Å². The summed E-state index contributed by atoms with van der Waals surface area (Å²) in [5.41, 5.74) is 54.8. The van der Waals surface area contributed by atoms with Gasteiger partial charge in [-0.2, -0.15) is 143 Å². The van der Waals surface area contributed by atoms with E-state index in [9.17, 15) is 60.5 Å². The van der Waals surface area contributed by atoms with Gasteiger partial charge in [0.15, 0.2) is 0 Å². The minimum Gasteiger partial charge on any atom is -0.465 e. The van der Waals surface area contributed by atoms with Crippen molar-refractivity contribution in [2.45, 2.75) is 163 Å². The number of carbonyl (C=O) groups excluding carboxylic acids is 12. The number of halogens is 2. The first-order valence-corrected chi connectivity index (χ1v) is 45.1. The van der Waals surface area contributed by atoms with Gasteiger partial charge < -0.3 is 112 Å². The zero-order chi connectivity index (χ0) is 101. The third kappa shape index (κ3) is 56.8. The number of likely N-dealkylation sites (N-methyl/N-ethyl adjacent to an activating group) is 1. The summed E-state index contributed by atoms with van der Waals surface area (Å²) in [5.74, 6) is -4.64. The van der Waals surface area contributed by atoms with E-state index in [0.29, 0.717) is 64.2 Å². The van der Waals surface area contributed by atoms with E-state index in [1.807, 2.05) is 4.72 Å². The van der Waals surface area contributed by atoms with Crippen LogP contribution in [0.3, 0.4) is 0 Å². The van der Waals surface area contributed by atoms with E-state index in [-0.39, 0.29) is 234 Å². The predicted octanol–water partition coefficient (Wildman–Crippen LogP) is -16.1. The molecule has 1 saturated carbocycles. The molecule has 1 unspecified atom stereocenters. The molecule has 1 amide bonds. The van der Waals surface area contributed by atoms with Gasteiger partial charge in [-0.05, 0) is 100 Å². The molecular formula is C58H128B5F2N21O34S7. The maximum atomic E-state index is 13.0. The smallest absolute Gasteiger partial charge is 0.451 e. The molecule has 5 aliphatic heterocycles. The second-order valence-electron chi connectivity index (χ2n) is 28.3. The van der Waals surface area contributed by atoms with Crippen molar-refractivity contribution < 1.29 is 174 Å². The first-order chi connectivity index (χ1) is 59.4. The number of carbonyl (C=O) groups is 2. The van der Waals surface area contributed by atoms with E-state index in [1.165, 1.54) is 27.1 Å². The first kappa shape index (κ1) is 124. The van der Waals surface area contributed by atoms with Crippen LogP contribution in [0.15, 0.2) is 0 Å². The second-order valence-corrected chi connectivity index (χ2v) is 36.9. The topological polar surface area (TPSA) is 936 Å². The minimum atomic E-state index is -3.99. The highest BCUT2D eigenvalue weighted by Crippen LogP contribution is 2.50. The van der Waals surface area contributed by atoms with E-state index in [4.69, 9.17) is 171 Å². The number of alkyl halides is 2. The molecule has 35 N–H and O–H groups in total. The molecule has 0 aromatic rings. The number of hydrogen-bond acceptors (Lipinski definition) is 44. The highest BCUT2D eigenvalue weighted by atomic mass is 32.2. The fourth-order valence-electron chi connectivity index (χ4n) is 12.2. The third-order valence-corrected chi connectivity index (χ3v) is 26.4. The lowest BCUT2D eigenvalue weighted by molar-refractivity contribution is -0.193. The van der Waals surface area contributed by atoms with Crippen LogP contribution in [0.25, 0.3) is 0 Å². The van der Waals surface area contributed by atoms with Gasteiger partial charge in [-0.1, -0.05) is 32.1 Å². The van der Waals surface area contributed by atoms with Gasteiger partial charge in [0.25, 0.3) is 62.9 Å². The average molecular weight is 1980 g/mol. The third-order valence-electron chi connectivity index (χ3n) is 19.0. The van der Waals surface area contributed by atoms with Crippen molar-refractivity contribution in [1.29, 1.82) is 0 Å². The van der Waals surface area contributed by atoms with E-state index in [1.54, 1.807) is 6.92 Å². The van der Waals surface area contributed by atoms with Crippen molar-refractivity contribution in [2.75, 3.05) is 132 Å². The second kappa shape index (κ2) is 70.0. The molecule has 0 spiro atoms. The Morgan fingerprint density at radius 1 is 0.472 bits per heavy atom. The lowest BCUT2D eigenvalue weighted by Crippen LogP contribution is -2.50. The molecule has 127 heavy (non-hydrogen) atoms. The Balaban J connectivity index is -0.000000357. The van der Waals surface area contributed by atoms with E-state index < -0.39 is 161 Å². The Bertz CT molecular complexity index is 3950. The highest BCUT2D eigenvalue weighted by Gasteiger charge is 2.69. The Kier molecular flexibility index (Phi) is 68.5. The van der Waals surface area contributed by atoms with Gasteiger partial charge in [-0.25, -0.2) is 32.7 Å². The minimum absolute atomic E-state index is 0. The van der Waals surface area contributed by atoms with Crippen LogP contribution in [0.2, 0.25) is 31.6 Å². The van der Waals surface area contributed by atoms with Gasteiger partial charge >= 0.3 is 72.3 Å². The molecule has 740 valence electrons. The molecule has 1 aliphatic carbocycles. The average Bonchev–Trinajstić information content (AvgIpc) is 1.57. The van der Waals surface area contributed by atoms with Gasteiger partial charge in [-0.3, -0.25) is 14.4 Å². The largest absolute Gasteiger partial charge is 0.465 e. The Morgan fingerprint density at radius 3 is 0.929 bits per heavy atom. The summed E-state index contributed by atoms with van der Waals surface area (Å²) in [5, 5.41) is 89.0. The summed E-state index contributed by atoms with van der Waals surface area (Å²) in [4.78, 5) is 109. The molecule has 13 atom stereocenters. The molecule has 6 rings (SSSR count). The van der Waals surface area contributed by atoms with Crippen LogP contribution in [0.1, 0.15) is 83.0 Å². The summed E-state index contributed by atoms with van der Waals surface area (Å²) in [7, 11) is -23.5. The van der Waals surface area contributed by atoms with Crippen molar-refractivity contribution in [2.24, 2.45) is 86.9 Å². The summed E-state index contributed by atoms with van der Waals surface area (Å²) in [6.45, 7) is -2.82. The Labute approximate surface area is 758 Å². The van der Waals surface area contributed by atoms with Crippen LogP contribution in [-0.4, -0.2) is 383 Å². The number of nitrogens with zero attached hydrogens (tertiary/aromatic N) is 6. The molecule has 0 aromatic heterocycles. The standard InChI is InChI=1S/C12H28BN5O6S.C12H27BN4O6S.C11H23BF2N4O4S.2C9H23BN4O4S.5CO2.2H2S/c1-17(24-2)12(19)10(14)6-16-25(22,23)18-7-9(11(15)8-18)4-3-5-13(20)21;1-2-23-12(18)10(14)6-16-24(21,22)17-7-9(11(15)8-17)4-3-5-13(19)20;13-11(14)6-10(11,16)7-17-23(21,22)18-4-8(9(15)5-18)2-1-3-12(19)20;2*11-4-5-13-19(17,18)14-6-8(9(12)7-14)2-1-3-10(15)16;5*2-1-3;;/h9-11,16,20-21H,3-8,14-15H2,1-2H3;9-11,16,19-20H,2-8,14-15H2,1H3;8-9,17,19-20H,1-7,15-16H2;2*8-9,13,15-16H,1-7,11-12H2;;;;;;2*1H2/t2*9-,10-,11-;8-,9-,10?;2*8-,9-;;;;;;;/m00000......./s1/i;;;5D2;4D2;;;;;;;. The first-order valence-electron chi connectivity index (χ1n) is 39.9. The zero-order valence-electron chi connectivity index (χ0n) is 74.0. The molecule has 0 radical (unpaired) electrons. The van der Waals surface area contributed by atoms with Gasteiger partial charge in [0, 0.05) is 160 Å². The fraction of sp³-hybridized carbons (Fsp3) is 0.879. The van der Waals surface area contributed by atoms with Gasteiger partial charge in [0.05, 0.1) is 19.3 Å². The maximum Gasteiger partial charge on any atom is 0.451 e. The monoisotopic (exact) mass is 1980 g/mol. The van der Waals surface area contributed by atoms with Gasteiger partial charge in [-0.15, -0.1) is 0 Å². The van der Waals surface area contributed by atoms with Crippen LogP contribution in [0.4, 0.5) is 8.78 Å². The molecular weight excluding hydrogens is 1850 g/mol. The lowest BCUT2D eigenvalue weighted by atomic mass is 9.82. The maximum absolute atomic E-state index is 13.0. The molecule has 0 bridgehead atoms. The SMILES string of the molecule is CCOC(=O)[C@@H](N)CNS(=O)(=O)N1C[C@H](CCCB(O)O)[C@@H](N)C1.CON(C)C(=O)[C@@H](N)CNS(=O)(=O)N1C[C@H](CCCB(O)O)[C@@H](N)C1.N[C@H]1CN(S(=O)(=O)NCC2(N)CC2(F)F)C[C@@H]1CCCB(O)O.O=C=O.O=C=O.O=C=O.O=C=O.O=C=O.S.S.[2H]C([2H])(CN)NS(=O)(=O)N1C[C@H](CCCB(O)O)[C@@H](N)C1.[2H]C([2H])(N)CNS(=O)(=O)N1C[C@H](CCCB(O)O)[C@@H](N)C1. The van der Waals surface area contributed by atoms with Crippen LogP contribution in [0, 0.1) is 29.6 Å². The van der Waals surface area contributed by atoms with E-state index in [0.717, 1.165) is 13.7 Å². The predicted molar refractivity (Wildman–Crippen MR) is 454 cm³/mol. The van der Waals surface area contributed by atoms with Crippen LogP contribution in [-0.2, 0) is 118 Å². The van der Waals surface area contributed by atoms with Gasteiger partial charge in [0.1, 0.15) is 12.1 Å². The Morgan fingerprint density at radius 2 is 0.709 bits per heavy atom. The number of rotatable bonds is 44. The number of hydroxylamine groups is 2. The van der Waals surface area contributed by atoms with Gasteiger partial charge in [0.2, 0.25) is 0 Å². The quantitative estimate of drug-likeness (QED) is 0.0153. The normalized spacial score (nSPS) is 23.4. The summed E-state index contributed by atoms with van der Waals surface area (Å²) in [6, 6.07) is -3.86. The summed E-state index contributed by atoms with van der Waals surface area (Å²) < 4.78 is 198. The molecule has 55 nitrogen and oxygen atoms in total. The lowest BCUT2D eigenvalue weighted by Gasteiger charge is -2.21. The highest BCUT2D eigenvalue weighted by molar-refractivity contribution is 7.88. The number of amides is 1. The molecule has 5 heterocycles. The number of esters is 1. The van der Waals surface area contributed by atoms with Crippen molar-refractivity contribution in [3.63, 3.8) is 0 Å².